The van der Waals surface area contributed by atoms with Crippen LogP contribution in [0.25, 0.3) is 0 Å². The van der Waals surface area contributed by atoms with Gasteiger partial charge < -0.3 is 5.32 Å². The van der Waals surface area contributed by atoms with Crippen molar-refractivity contribution < 1.29 is 4.99 Å². The Balaban J connectivity index is 3.04. The lowest BCUT2D eigenvalue weighted by molar-refractivity contribution is -0.452. The lowest BCUT2D eigenvalue weighted by Crippen LogP contribution is -2.68. The molecule has 3 heteroatoms. The summed E-state index contributed by atoms with van der Waals surface area (Å²) in [5.41, 5.74) is 3.17. The Morgan fingerprint density at radius 3 is 2.64 bits per heavy atom. The van der Waals surface area contributed by atoms with Crippen LogP contribution < -0.4 is 10.3 Å². The molecule has 0 fully saturated rings. The zero-order chi connectivity index (χ0) is 16.2. The largest absolute Gasteiger partial charge is 0.319 e. The Bertz CT molecular complexity index is 575. The molecule has 0 aliphatic carbocycles. The Kier molecular flexibility index (Phi) is 8.28. The third-order valence-electron chi connectivity index (χ3n) is 2.96. The molecule has 0 spiro atoms. The molecule has 0 aromatic heterocycles. The first-order valence-electron chi connectivity index (χ1n) is 7.63. The first kappa shape index (κ1) is 17.6. The molecule has 0 saturated heterocycles. The number of hydrogen-bond donors (Lipinski definition) is 2. The minimum atomic E-state index is 0.764. The second kappa shape index (κ2) is 10.3. The van der Waals surface area contributed by atoms with Crippen LogP contribution in [0, 0.1) is 6.92 Å². The third kappa shape index (κ3) is 6.35. The van der Waals surface area contributed by atoms with Crippen LogP contribution in [0.1, 0.15) is 25.8 Å². The summed E-state index contributed by atoms with van der Waals surface area (Å²) in [4.78, 5) is 7.66. The summed E-state index contributed by atoms with van der Waals surface area (Å²) in [6.45, 7) is 11.0. The standard InChI is InChI=1S/C19H25N3/c1-5-8-9-17(7-3)19(21-15-20-14-6-2)22-18-12-10-16(4)11-13-18/h5,7-13,15H,3,6,14H2,1-2,4H3,(H,20,21,22)/p+1/b8-5-,17-9+. The predicted octanol–water partition coefficient (Wildman–Crippen LogP) is 3.01. The lowest BCUT2D eigenvalue weighted by Gasteiger charge is -2.06. The molecule has 0 saturated carbocycles. The van der Waals surface area contributed by atoms with Gasteiger partial charge in [0.1, 0.15) is 0 Å². The topological polar surface area (TPSA) is 38.4 Å². The van der Waals surface area contributed by atoms with Crippen LogP contribution in [0.2, 0.25) is 0 Å². The first-order valence-corrected chi connectivity index (χ1v) is 7.63. The normalized spacial score (nSPS) is 13.0. The van der Waals surface area contributed by atoms with Gasteiger partial charge in [0, 0.05) is 11.3 Å². The van der Waals surface area contributed by atoms with Crippen molar-refractivity contribution in [2.75, 3.05) is 11.9 Å². The fourth-order valence-electron chi connectivity index (χ4n) is 1.72. The summed E-state index contributed by atoms with van der Waals surface area (Å²) in [7, 11) is 0. The van der Waals surface area contributed by atoms with Crippen molar-refractivity contribution in [3.63, 3.8) is 0 Å². The highest BCUT2D eigenvalue weighted by Gasteiger charge is 2.09. The fourth-order valence-corrected chi connectivity index (χ4v) is 1.72. The maximum absolute atomic E-state index is 4.50. The van der Waals surface area contributed by atoms with Crippen molar-refractivity contribution in [1.82, 2.24) is 0 Å². The van der Waals surface area contributed by atoms with E-state index in [0.717, 1.165) is 30.1 Å². The number of hydrogen-bond acceptors (Lipinski definition) is 0. The fraction of sp³-hybridized carbons (Fsp3) is 0.263. The van der Waals surface area contributed by atoms with Crippen LogP contribution in [-0.4, -0.2) is 18.7 Å². The van der Waals surface area contributed by atoms with E-state index in [1.165, 1.54) is 5.56 Å². The maximum Gasteiger partial charge on any atom is 0.282 e. The molecule has 22 heavy (non-hydrogen) atoms. The van der Waals surface area contributed by atoms with Gasteiger partial charge in [-0.15, -0.1) is 0 Å². The number of nitrogens with zero attached hydrogens (tertiary/aromatic N) is 1. The number of rotatable bonds is 7. The number of allylic oxidation sites excluding steroid dienone is 3. The van der Waals surface area contributed by atoms with Crippen LogP contribution in [0.4, 0.5) is 5.69 Å². The van der Waals surface area contributed by atoms with Gasteiger partial charge in [-0.2, -0.15) is 0 Å². The van der Waals surface area contributed by atoms with Gasteiger partial charge >= 0.3 is 0 Å². The quantitative estimate of drug-likeness (QED) is 0.453. The van der Waals surface area contributed by atoms with E-state index in [-0.39, 0.29) is 0 Å². The first-order chi connectivity index (χ1) is 10.7. The summed E-state index contributed by atoms with van der Waals surface area (Å²) < 4.78 is 0. The summed E-state index contributed by atoms with van der Waals surface area (Å²) in [6, 6.07) is 8.23. The predicted molar refractivity (Wildman–Crippen MR) is 97.5 cm³/mol. The summed E-state index contributed by atoms with van der Waals surface area (Å²) in [6.07, 6.45) is 10.5. The Labute approximate surface area is 133 Å². The van der Waals surface area contributed by atoms with Crippen molar-refractivity contribution in [3.05, 3.63) is 66.3 Å². The van der Waals surface area contributed by atoms with Crippen LogP contribution >= 0.6 is 0 Å². The molecule has 0 heterocycles. The minimum Gasteiger partial charge on any atom is -0.319 e. The molecule has 0 aliphatic rings. The minimum absolute atomic E-state index is 0.764. The third-order valence-corrected chi connectivity index (χ3v) is 2.96. The smallest absolute Gasteiger partial charge is 0.282 e. The molecular weight excluding hydrogens is 270 g/mol. The van der Waals surface area contributed by atoms with E-state index in [0.29, 0.717) is 0 Å². The van der Waals surface area contributed by atoms with E-state index in [9.17, 15) is 0 Å². The highest BCUT2D eigenvalue weighted by atomic mass is 15.0. The van der Waals surface area contributed by atoms with E-state index in [4.69, 9.17) is 0 Å². The lowest BCUT2D eigenvalue weighted by atomic mass is 10.2. The Morgan fingerprint density at radius 1 is 1.32 bits per heavy atom. The number of amidine groups is 1. The van der Waals surface area contributed by atoms with Gasteiger partial charge in [-0.25, -0.2) is 0 Å². The summed E-state index contributed by atoms with van der Waals surface area (Å²) >= 11 is 0. The van der Waals surface area contributed by atoms with Gasteiger partial charge in [0.25, 0.3) is 12.2 Å². The van der Waals surface area contributed by atoms with Gasteiger partial charge in [-0.05, 0) is 43.5 Å². The average molecular weight is 296 g/mol. The van der Waals surface area contributed by atoms with Gasteiger partial charge in [0.2, 0.25) is 0 Å². The van der Waals surface area contributed by atoms with Crippen molar-refractivity contribution in [3.8, 4) is 0 Å². The second-order valence-corrected chi connectivity index (χ2v) is 4.90. The summed E-state index contributed by atoms with van der Waals surface area (Å²) in [5.74, 6) is 0.764. The molecule has 1 aromatic carbocycles. The van der Waals surface area contributed by atoms with Gasteiger partial charge in [-0.3, -0.25) is 4.99 Å². The molecule has 3 nitrogen and oxygen atoms in total. The van der Waals surface area contributed by atoms with E-state index in [2.05, 4.69) is 47.9 Å². The molecule has 116 valence electrons. The van der Waals surface area contributed by atoms with Crippen molar-refractivity contribution in [1.29, 1.82) is 0 Å². The number of aliphatic imine (C=N–C) groups is 1. The van der Waals surface area contributed by atoms with E-state index < -0.39 is 0 Å². The van der Waals surface area contributed by atoms with Gasteiger partial charge in [0.15, 0.2) is 0 Å². The maximum atomic E-state index is 4.50. The molecule has 0 atom stereocenters. The molecule has 1 rings (SSSR count). The molecule has 0 aliphatic heterocycles. The van der Waals surface area contributed by atoms with Crippen molar-refractivity contribution in [2.45, 2.75) is 27.2 Å². The second-order valence-electron chi connectivity index (χ2n) is 4.90. The molecule has 2 N–H and O–H groups in total. The van der Waals surface area contributed by atoms with Crippen LogP contribution in [0.3, 0.4) is 0 Å². The van der Waals surface area contributed by atoms with E-state index in [1.807, 2.05) is 37.3 Å². The number of aryl methyl sites for hydroxylation is 1. The number of benzene rings is 1. The Hall–Kier alpha value is -2.42. The van der Waals surface area contributed by atoms with Crippen molar-refractivity contribution >= 4 is 17.9 Å². The highest BCUT2D eigenvalue weighted by Crippen LogP contribution is 2.11. The van der Waals surface area contributed by atoms with Crippen LogP contribution in [0.15, 0.2) is 65.7 Å². The monoisotopic (exact) mass is 296 g/mol. The molecule has 1 aromatic rings. The molecule has 0 radical (unpaired) electrons. The highest BCUT2D eigenvalue weighted by molar-refractivity contribution is 6.12. The van der Waals surface area contributed by atoms with Crippen LogP contribution in [-0.2, 0) is 0 Å². The number of anilines is 1. The molecular formula is C19H26N3+. The van der Waals surface area contributed by atoms with Gasteiger partial charge in [0.05, 0.1) is 6.54 Å². The average Bonchev–Trinajstić information content (AvgIpc) is 2.53. The zero-order valence-electron chi connectivity index (χ0n) is 13.8. The van der Waals surface area contributed by atoms with Gasteiger partial charge in [-0.1, -0.05) is 49.4 Å². The number of nitrogens with one attached hydrogen (secondary N) is 2. The molecule has 0 bridgehead atoms. The van der Waals surface area contributed by atoms with Crippen molar-refractivity contribution in [2.24, 2.45) is 4.99 Å². The zero-order valence-corrected chi connectivity index (χ0v) is 13.8. The summed E-state index contributed by atoms with van der Waals surface area (Å²) in [5, 5.41) is 3.35. The van der Waals surface area contributed by atoms with Crippen LogP contribution in [0.5, 0.6) is 0 Å². The van der Waals surface area contributed by atoms with E-state index >= 15 is 0 Å². The Morgan fingerprint density at radius 2 is 2.05 bits per heavy atom. The molecule has 0 unspecified atom stereocenters. The van der Waals surface area contributed by atoms with E-state index in [1.54, 1.807) is 12.4 Å². The molecule has 0 amide bonds. The SMILES string of the molecule is C=C/C(=C\C=C/C)C(=NC=[NH+]CCC)Nc1ccc(C)cc1.